The van der Waals surface area contributed by atoms with E-state index >= 15 is 0 Å². The molecule has 0 radical (unpaired) electrons. The minimum atomic E-state index is -0.140. The number of carbonyl (C=O) groups is 1. The van der Waals surface area contributed by atoms with E-state index in [2.05, 4.69) is 15.5 Å². The van der Waals surface area contributed by atoms with Crippen molar-refractivity contribution in [2.45, 2.75) is 12.1 Å². The first-order chi connectivity index (χ1) is 13.1. The SMILES string of the molecule is Cc1occc1-c1nnc(SCC(=O)Nc2ccc3ccccc3c2)n1N. The van der Waals surface area contributed by atoms with Crippen molar-refractivity contribution >= 4 is 34.1 Å². The summed E-state index contributed by atoms with van der Waals surface area (Å²) in [5.74, 6) is 7.30. The summed E-state index contributed by atoms with van der Waals surface area (Å²) in [7, 11) is 0. The number of anilines is 1. The van der Waals surface area contributed by atoms with Crippen LogP contribution in [0.15, 0.2) is 64.4 Å². The van der Waals surface area contributed by atoms with Gasteiger partial charge in [-0.25, -0.2) is 4.68 Å². The van der Waals surface area contributed by atoms with Crippen molar-refractivity contribution in [3.63, 3.8) is 0 Å². The highest BCUT2D eigenvalue weighted by Crippen LogP contribution is 2.25. The number of nitrogens with one attached hydrogen (secondary N) is 1. The third-order valence-electron chi connectivity index (χ3n) is 4.13. The van der Waals surface area contributed by atoms with Crippen LogP contribution in [0.5, 0.6) is 0 Å². The van der Waals surface area contributed by atoms with E-state index in [1.54, 1.807) is 12.3 Å². The van der Waals surface area contributed by atoms with Crippen LogP contribution in [0, 0.1) is 6.92 Å². The van der Waals surface area contributed by atoms with Gasteiger partial charge in [-0.3, -0.25) is 4.79 Å². The van der Waals surface area contributed by atoms with E-state index in [0.717, 1.165) is 22.0 Å². The molecule has 0 aliphatic carbocycles. The second-order valence-electron chi connectivity index (χ2n) is 5.97. The first-order valence-electron chi connectivity index (χ1n) is 8.28. The summed E-state index contributed by atoms with van der Waals surface area (Å²) in [5.41, 5.74) is 1.53. The van der Waals surface area contributed by atoms with Crippen LogP contribution in [0.1, 0.15) is 5.76 Å². The van der Waals surface area contributed by atoms with Crippen LogP contribution in [-0.2, 0) is 4.79 Å². The number of aromatic nitrogens is 3. The predicted molar refractivity (Wildman–Crippen MR) is 106 cm³/mol. The van der Waals surface area contributed by atoms with E-state index in [4.69, 9.17) is 10.3 Å². The van der Waals surface area contributed by atoms with Gasteiger partial charge in [-0.15, -0.1) is 10.2 Å². The number of furan rings is 1. The molecule has 27 heavy (non-hydrogen) atoms. The summed E-state index contributed by atoms with van der Waals surface area (Å²) in [6.07, 6.45) is 1.57. The number of aryl methyl sites for hydroxylation is 1. The lowest BCUT2D eigenvalue weighted by atomic mass is 10.1. The van der Waals surface area contributed by atoms with Crippen LogP contribution in [-0.4, -0.2) is 26.5 Å². The molecule has 2 heterocycles. The number of fused-ring (bicyclic) bond motifs is 1. The number of nitrogens with zero attached hydrogens (tertiary/aromatic N) is 3. The monoisotopic (exact) mass is 379 g/mol. The number of nitrogens with two attached hydrogens (primary N) is 1. The third kappa shape index (κ3) is 3.52. The molecule has 0 saturated carbocycles. The van der Waals surface area contributed by atoms with Crippen molar-refractivity contribution < 1.29 is 9.21 Å². The van der Waals surface area contributed by atoms with Crippen molar-refractivity contribution in [3.8, 4) is 11.4 Å². The fraction of sp³-hybridized carbons (Fsp3) is 0.105. The molecular weight excluding hydrogens is 362 g/mol. The van der Waals surface area contributed by atoms with Crippen LogP contribution >= 0.6 is 11.8 Å². The van der Waals surface area contributed by atoms with Gasteiger partial charge >= 0.3 is 0 Å². The average molecular weight is 379 g/mol. The molecule has 0 bridgehead atoms. The summed E-state index contributed by atoms with van der Waals surface area (Å²) in [6.45, 7) is 1.83. The van der Waals surface area contributed by atoms with Crippen LogP contribution in [0.4, 0.5) is 5.69 Å². The number of carbonyl (C=O) groups excluding carboxylic acids is 1. The van der Waals surface area contributed by atoms with Gasteiger partial charge in [0.1, 0.15) is 5.76 Å². The molecule has 136 valence electrons. The smallest absolute Gasteiger partial charge is 0.234 e. The maximum atomic E-state index is 12.3. The van der Waals surface area contributed by atoms with Crippen LogP contribution in [0.3, 0.4) is 0 Å². The molecular formula is C19H17N5O2S. The highest BCUT2D eigenvalue weighted by atomic mass is 32.2. The molecule has 0 spiro atoms. The number of hydrogen-bond acceptors (Lipinski definition) is 6. The topological polar surface area (TPSA) is 99.0 Å². The number of rotatable bonds is 5. The zero-order valence-corrected chi connectivity index (χ0v) is 15.4. The van der Waals surface area contributed by atoms with Gasteiger partial charge < -0.3 is 15.6 Å². The Morgan fingerprint density at radius 1 is 1.19 bits per heavy atom. The molecule has 0 fully saturated rings. The molecule has 8 heteroatoms. The molecule has 0 unspecified atom stereocenters. The van der Waals surface area contributed by atoms with E-state index in [1.807, 2.05) is 49.4 Å². The molecule has 0 aliphatic heterocycles. The molecule has 7 nitrogen and oxygen atoms in total. The molecule has 2 aromatic carbocycles. The lowest BCUT2D eigenvalue weighted by Gasteiger charge is -2.07. The van der Waals surface area contributed by atoms with Crippen molar-refractivity contribution in [1.29, 1.82) is 0 Å². The van der Waals surface area contributed by atoms with E-state index in [9.17, 15) is 4.79 Å². The minimum absolute atomic E-state index is 0.140. The molecule has 2 aromatic heterocycles. The molecule has 0 atom stereocenters. The normalized spacial score (nSPS) is 11.0. The van der Waals surface area contributed by atoms with Gasteiger partial charge in [-0.2, -0.15) is 0 Å². The zero-order valence-electron chi connectivity index (χ0n) is 14.5. The molecule has 4 rings (SSSR count). The quantitative estimate of drug-likeness (QED) is 0.407. The fourth-order valence-electron chi connectivity index (χ4n) is 2.77. The molecule has 0 saturated heterocycles. The van der Waals surface area contributed by atoms with Gasteiger partial charge in [-0.05, 0) is 35.9 Å². The average Bonchev–Trinajstić information content (AvgIpc) is 3.25. The Hall–Kier alpha value is -3.26. The van der Waals surface area contributed by atoms with Crippen LogP contribution in [0.25, 0.3) is 22.2 Å². The highest BCUT2D eigenvalue weighted by Gasteiger charge is 2.16. The second kappa shape index (κ2) is 7.16. The molecule has 1 amide bonds. The maximum absolute atomic E-state index is 12.3. The number of thioether (sulfide) groups is 1. The zero-order chi connectivity index (χ0) is 18.8. The van der Waals surface area contributed by atoms with E-state index in [-0.39, 0.29) is 11.7 Å². The Morgan fingerprint density at radius 2 is 2.00 bits per heavy atom. The number of benzene rings is 2. The fourth-order valence-corrected chi connectivity index (χ4v) is 3.43. The maximum Gasteiger partial charge on any atom is 0.234 e. The lowest BCUT2D eigenvalue weighted by Crippen LogP contribution is -2.16. The van der Waals surface area contributed by atoms with Crippen molar-refractivity contribution in [2.24, 2.45) is 0 Å². The molecule has 0 aliphatic rings. The second-order valence-corrected chi connectivity index (χ2v) is 6.91. The van der Waals surface area contributed by atoms with E-state index in [0.29, 0.717) is 16.7 Å². The Balaban J connectivity index is 1.42. The van der Waals surface area contributed by atoms with Crippen LogP contribution < -0.4 is 11.2 Å². The standard InChI is InChI=1S/C19H17N5O2S/c1-12-16(8-9-26-12)18-22-23-19(24(18)20)27-11-17(25)21-15-7-6-13-4-2-3-5-14(13)10-15/h2-10H,11,20H2,1H3,(H,21,25). The van der Waals surface area contributed by atoms with Gasteiger partial charge in [0.15, 0.2) is 5.82 Å². The van der Waals surface area contributed by atoms with Gasteiger partial charge in [0, 0.05) is 5.69 Å². The Morgan fingerprint density at radius 3 is 2.78 bits per heavy atom. The Kier molecular flexibility index (Phi) is 4.55. The predicted octanol–water partition coefficient (Wildman–Crippen LogP) is 3.44. The summed E-state index contributed by atoms with van der Waals surface area (Å²) in [5, 5.41) is 13.7. The third-order valence-corrected chi connectivity index (χ3v) is 5.07. The molecule has 4 aromatic rings. The lowest BCUT2D eigenvalue weighted by molar-refractivity contribution is -0.113. The first-order valence-corrected chi connectivity index (χ1v) is 9.27. The number of hydrogen-bond donors (Lipinski definition) is 2. The summed E-state index contributed by atoms with van der Waals surface area (Å²) < 4.78 is 6.64. The Bertz CT molecular complexity index is 1120. The van der Waals surface area contributed by atoms with Crippen molar-refractivity contribution in [1.82, 2.24) is 14.9 Å². The largest absolute Gasteiger partial charge is 0.469 e. The van der Waals surface area contributed by atoms with E-state index < -0.39 is 0 Å². The Labute approximate surface area is 159 Å². The van der Waals surface area contributed by atoms with Crippen LogP contribution in [0.2, 0.25) is 0 Å². The van der Waals surface area contributed by atoms with Gasteiger partial charge in [-0.1, -0.05) is 42.1 Å². The summed E-state index contributed by atoms with van der Waals surface area (Å²) >= 11 is 1.22. The minimum Gasteiger partial charge on any atom is -0.469 e. The summed E-state index contributed by atoms with van der Waals surface area (Å²) in [6, 6.07) is 15.6. The van der Waals surface area contributed by atoms with Crippen molar-refractivity contribution in [3.05, 3.63) is 60.6 Å². The van der Waals surface area contributed by atoms with E-state index in [1.165, 1.54) is 16.4 Å². The van der Waals surface area contributed by atoms with Gasteiger partial charge in [0.05, 0.1) is 17.6 Å². The van der Waals surface area contributed by atoms with Gasteiger partial charge in [0.25, 0.3) is 0 Å². The summed E-state index contributed by atoms with van der Waals surface area (Å²) in [4.78, 5) is 12.3. The van der Waals surface area contributed by atoms with Gasteiger partial charge in [0.2, 0.25) is 11.1 Å². The van der Waals surface area contributed by atoms with Crippen molar-refractivity contribution in [2.75, 3.05) is 16.9 Å². The highest BCUT2D eigenvalue weighted by molar-refractivity contribution is 7.99. The first kappa shape index (κ1) is 17.2. The molecule has 3 N–H and O–H groups in total. The number of nitrogen functional groups attached to an aromatic ring is 1. The number of amides is 1.